The zero-order valence-corrected chi connectivity index (χ0v) is 18.3. The highest BCUT2D eigenvalue weighted by atomic mass is 32.1. The van der Waals surface area contributed by atoms with E-state index in [0.717, 1.165) is 27.8 Å². The number of fused-ring (bicyclic) bond motifs is 1. The Morgan fingerprint density at radius 2 is 1.94 bits per heavy atom. The van der Waals surface area contributed by atoms with Crippen molar-refractivity contribution >= 4 is 44.8 Å². The van der Waals surface area contributed by atoms with Crippen molar-refractivity contribution in [2.24, 2.45) is 5.73 Å². The van der Waals surface area contributed by atoms with Crippen LogP contribution in [0.4, 0.5) is 5.69 Å². The molecule has 1 aromatic heterocycles. The van der Waals surface area contributed by atoms with Crippen LogP contribution in [0.15, 0.2) is 48.5 Å². The number of carbonyl (C=O) groups is 3. The fourth-order valence-electron chi connectivity index (χ4n) is 4.49. The van der Waals surface area contributed by atoms with E-state index >= 15 is 0 Å². The topological polar surface area (TPSA) is 92.9 Å². The molecule has 2 N–H and O–H groups in total. The number of anilines is 1. The molecule has 0 unspecified atom stereocenters. The van der Waals surface area contributed by atoms with Crippen molar-refractivity contribution in [3.05, 3.63) is 64.5 Å². The molecule has 0 bridgehead atoms. The van der Waals surface area contributed by atoms with E-state index in [1.807, 2.05) is 36.4 Å². The SMILES string of the molecule is NC(=O)c1sc2ccccc2c1[C@H]1CN(C(=O)c2cccc(N3CCCC3=O)c2)CCO1. The maximum Gasteiger partial charge on any atom is 0.259 e. The van der Waals surface area contributed by atoms with Crippen LogP contribution in [0, 0.1) is 0 Å². The molecule has 0 aliphatic carbocycles. The molecule has 3 amide bonds. The van der Waals surface area contributed by atoms with Gasteiger partial charge in [0, 0.05) is 41.0 Å². The van der Waals surface area contributed by atoms with E-state index in [0.29, 0.717) is 43.1 Å². The Morgan fingerprint density at radius 1 is 1.09 bits per heavy atom. The van der Waals surface area contributed by atoms with Crippen molar-refractivity contribution in [2.75, 3.05) is 31.1 Å². The summed E-state index contributed by atoms with van der Waals surface area (Å²) in [5.74, 6) is -0.521. The lowest BCUT2D eigenvalue weighted by atomic mass is 10.0. The first-order valence-corrected chi connectivity index (χ1v) is 11.5. The van der Waals surface area contributed by atoms with E-state index in [4.69, 9.17) is 10.5 Å². The second kappa shape index (κ2) is 8.37. The van der Waals surface area contributed by atoms with Gasteiger partial charge in [-0.15, -0.1) is 11.3 Å². The Bertz CT molecular complexity index is 1220. The second-order valence-electron chi connectivity index (χ2n) is 8.02. The summed E-state index contributed by atoms with van der Waals surface area (Å²) >= 11 is 1.35. The van der Waals surface area contributed by atoms with Gasteiger partial charge < -0.3 is 20.3 Å². The third-order valence-electron chi connectivity index (χ3n) is 6.01. The molecule has 2 aromatic carbocycles. The number of rotatable bonds is 4. The Hall–Kier alpha value is -3.23. The van der Waals surface area contributed by atoms with Crippen molar-refractivity contribution in [1.29, 1.82) is 0 Å². The standard InChI is InChI=1S/C24H23N3O4S/c25-23(29)22-21(17-7-1-2-8-19(17)32-22)18-14-26(11-12-31-18)24(30)15-5-3-6-16(13-15)27-10-4-9-20(27)28/h1-3,5-8,13,18H,4,9-12,14H2,(H2,25,29)/t18-/m1/s1. The number of hydrogen-bond acceptors (Lipinski definition) is 5. The highest BCUT2D eigenvalue weighted by Crippen LogP contribution is 2.38. The van der Waals surface area contributed by atoms with Gasteiger partial charge in [0.25, 0.3) is 11.8 Å². The van der Waals surface area contributed by atoms with E-state index in [2.05, 4.69) is 0 Å². The molecule has 0 spiro atoms. The number of hydrogen-bond donors (Lipinski definition) is 1. The fourth-order valence-corrected chi connectivity index (χ4v) is 5.59. The van der Waals surface area contributed by atoms with Crippen molar-refractivity contribution in [3.63, 3.8) is 0 Å². The highest BCUT2D eigenvalue weighted by molar-refractivity contribution is 7.21. The van der Waals surface area contributed by atoms with E-state index in [9.17, 15) is 14.4 Å². The number of nitrogens with zero attached hydrogens (tertiary/aromatic N) is 2. The summed E-state index contributed by atoms with van der Waals surface area (Å²) in [5, 5.41) is 0.931. The van der Waals surface area contributed by atoms with Crippen molar-refractivity contribution in [2.45, 2.75) is 18.9 Å². The average Bonchev–Trinajstić information content (AvgIpc) is 3.42. The molecule has 3 heterocycles. The van der Waals surface area contributed by atoms with Crippen LogP contribution in [-0.4, -0.2) is 48.9 Å². The number of nitrogens with two attached hydrogens (primary N) is 1. The number of ether oxygens (including phenoxy) is 1. The number of amides is 3. The van der Waals surface area contributed by atoms with Gasteiger partial charge in [0.15, 0.2) is 0 Å². The van der Waals surface area contributed by atoms with Crippen LogP contribution in [0.1, 0.15) is 44.5 Å². The van der Waals surface area contributed by atoms with Gasteiger partial charge in [-0.3, -0.25) is 14.4 Å². The normalized spacial score (nSPS) is 19.0. The van der Waals surface area contributed by atoms with Crippen LogP contribution >= 0.6 is 11.3 Å². The summed E-state index contributed by atoms with van der Waals surface area (Å²) in [7, 11) is 0. The van der Waals surface area contributed by atoms with Gasteiger partial charge in [-0.05, 0) is 36.1 Å². The lowest BCUT2D eigenvalue weighted by molar-refractivity contribution is -0.117. The summed E-state index contributed by atoms with van der Waals surface area (Å²) in [6.45, 7) is 1.82. The number of primary amides is 1. The first kappa shape index (κ1) is 20.7. The minimum absolute atomic E-state index is 0.0874. The van der Waals surface area contributed by atoms with E-state index in [1.165, 1.54) is 11.3 Å². The third kappa shape index (κ3) is 3.65. The molecule has 164 valence electrons. The summed E-state index contributed by atoms with van der Waals surface area (Å²) in [5.41, 5.74) is 7.71. The molecule has 1 atom stereocenters. The first-order valence-electron chi connectivity index (χ1n) is 10.7. The Labute approximate surface area is 189 Å². The minimum atomic E-state index is -0.490. The molecule has 0 saturated carbocycles. The van der Waals surface area contributed by atoms with Crippen molar-refractivity contribution in [1.82, 2.24) is 4.90 Å². The number of thiophene rings is 1. The molecule has 0 radical (unpaired) electrons. The van der Waals surface area contributed by atoms with Gasteiger partial charge in [0.1, 0.15) is 6.10 Å². The van der Waals surface area contributed by atoms with Crippen LogP contribution in [-0.2, 0) is 9.53 Å². The Morgan fingerprint density at radius 3 is 2.72 bits per heavy atom. The van der Waals surface area contributed by atoms with Gasteiger partial charge in [0.05, 0.1) is 18.0 Å². The Balaban J connectivity index is 1.42. The highest BCUT2D eigenvalue weighted by Gasteiger charge is 2.31. The van der Waals surface area contributed by atoms with Gasteiger partial charge in [0.2, 0.25) is 5.91 Å². The summed E-state index contributed by atoms with van der Waals surface area (Å²) in [6.07, 6.45) is 0.939. The van der Waals surface area contributed by atoms with Crippen LogP contribution in [0.2, 0.25) is 0 Å². The first-order chi connectivity index (χ1) is 15.5. The average molecular weight is 450 g/mol. The van der Waals surface area contributed by atoms with E-state index < -0.39 is 12.0 Å². The van der Waals surface area contributed by atoms with Crippen LogP contribution in [0.5, 0.6) is 0 Å². The maximum absolute atomic E-state index is 13.3. The van der Waals surface area contributed by atoms with Crippen molar-refractivity contribution in [3.8, 4) is 0 Å². The number of morpholine rings is 1. The van der Waals surface area contributed by atoms with E-state index in [-0.39, 0.29) is 11.8 Å². The predicted molar refractivity (Wildman–Crippen MR) is 123 cm³/mol. The monoisotopic (exact) mass is 449 g/mol. The molecular formula is C24H23N3O4S. The largest absolute Gasteiger partial charge is 0.370 e. The van der Waals surface area contributed by atoms with Crippen LogP contribution in [0.3, 0.4) is 0 Å². The van der Waals surface area contributed by atoms with Gasteiger partial charge >= 0.3 is 0 Å². The van der Waals surface area contributed by atoms with Crippen LogP contribution < -0.4 is 10.6 Å². The Kier molecular flexibility index (Phi) is 5.40. The molecule has 2 saturated heterocycles. The zero-order chi connectivity index (χ0) is 22.2. The van der Waals surface area contributed by atoms with Gasteiger partial charge in [-0.1, -0.05) is 24.3 Å². The minimum Gasteiger partial charge on any atom is -0.370 e. The maximum atomic E-state index is 13.3. The molecule has 8 heteroatoms. The molecular weight excluding hydrogens is 426 g/mol. The van der Waals surface area contributed by atoms with E-state index in [1.54, 1.807) is 21.9 Å². The lowest BCUT2D eigenvalue weighted by Crippen LogP contribution is -2.42. The lowest BCUT2D eigenvalue weighted by Gasteiger charge is -2.33. The zero-order valence-electron chi connectivity index (χ0n) is 17.5. The summed E-state index contributed by atoms with van der Waals surface area (Å²) < 4.78 is 6.97. The predicted octanol–water partition coefficient (Wildman–Crippen LogP) is 3.34. The number of carbonyl (C=O) groups excluding carboxylic acids is 3. The fraction of sp³-hybridized carbons (Fsp3) is 0.292. The molecule has 32 heavy (non-hydrogen) atoms. The molecule has 2 fully saturated rings. The quantitative estimate of drug-likeness (QED) is 0.661. The smallest absolute Gasteiger partial charge is 0.259 e. The van der Waals surface area contributed by atoms with Gasteiger partial charge in [-0.2, -0.15) is 0 Å². The summed E-state index contributed by atoms with van der Waals surface area (Å²) in [4.78, 5) is 41.5. The molecule has 7 nitrogen and oxygen atoms in total. The molecule has 2 aliphatic heterocycles. The van der Waals surface area contributed by atoms with Crippen LogP contribution in [0.25, 0.3) is 10.1 Å². The van der Waals surface area contributed by atoms with Gasteiger partial charge in [-0.25, -0.2) is 0 Å². The summed E-state index contributed by atoms with van der Waals surface area (Å²) in [6, 6.07) is 15.0. The number of benzene rings is 2. The second-order valence-corrected chi connectivity index (χ2v) is 9.07. The van der Waals surface area contributed by atoms with Crippen molar-refractivity contribution < 1.29 is 19.1 Å². The molecule has 2 aliphatic rings. The third-order valence-corrected chi connectivity index (χ3v) is 7.21. The molecule has 5 rings (SSSR count). The molecule has 3 aromatic rings.